The van der Waals surface area contributed by atoms with Crippen LogP contribution in [0.5, 0.6) is 23.0 Å². The molecule has 4 aliphatic rings. The van der Waals surface area contributed by atoms with Crippen LogP contribution < -0.4 is 14.2 Å². The monoisotopic (exact) mass is 1540 g/mol. The fourth-order valence-electron chi connectivity index (χ4n) is 11.5. The van der Waals surface area contributed by atoms with Crippen molar-refractivity contribution in [2.45, 2.75) is 155 Å². The summed E-state index contributed by atoms with van der Waals surface area (Å²) in [6, 6.07) is 35.2. The molecule has 14 nitrogen and oxygen atoms in total. The Kier molecular flexibility index (Phi) is 27.8. The van der Waals surface area contributed by atoms with Crippen molar-refractivity contribution in [3.05, 3.63) is 195 Å². The zero-order chi connectivity index (χ0) is 70.5. The quantitative estimate of drug-likeness (QED) is 0.0578. The van der Waals surface area contributed by atoms with Crippen LogP contribution in [0, 0.1) is 0 Å². The van der Waals surface area contributed by atoms with E-state index < -0.39 is 35.5 Å². The number of hydrogen-bond acceptors (Lipinski definition) is 10. The third-order valence-electron chi connectivity index (χ3n) is 16.2. The van der Waals surface area contributed by atoms with Crippen molar-refractivity contribution in [3.8, 4) is 23.0 Å². The standard InChI is InChI=1S/C37H40Cl4N2O5.C29H34Cl2N2O4.C8H7BrCl2O/c1-5-31-32(35(44)43(25-14-15-25)22-24-8-6-9-28(38)33(24)41)27(18-19-42(31)36(45)48-37(2,3)4)23-12-16-26(17-13-23)46-20-21-47-34-29(39)10-7-11-30(34)40;1-5-24-25(27(35)33(20-11-12-20)17-19-7-6-8-23(30)26(19)31)22(18-9-13-21(34)14-10-18)15-16-32(24)28(36)37-29(2,3)4;9-4-5-12-8-6(10)2-1-3-7(8)11/h6-13,16-17,25,31H,5,14-15,18-22H2,1-4H3;6-10,13-14,20,24,34H,5,11-12,15-17H2,1-4H3;1-3H,4-5H2/t31-;24-;/m11./s1. The summed E-state index contributed by atoms with van der Waals surface area (Å²) in [5.74, 6) is 1.56. The van der Waals surface area contributed by atoms with E-state index in [0.717, 1.165) is 64.4 Å². The number of aromatic hydroxyl groups is 1. The van der Waals surface area contributed by atoms with Gasteiger partial charge in [0.05, 0.1) is 58.9 Å². The molecule has 2 aliphatic carbocycles. The first-order valence-corrected chi connectivity index (χ1v) is 36.4. The molecule has 2 atom stereocenters. The van der Waals surface area contributed by atoms with Gasteiger partial charge in [-0.15, -0.1) is 0 Å². The van der Waals surface area contributed by atoms with E-state index in [4.69, 9.17) is 116 Å². The molecule has 0 saturated heterocycles. The molecule has 2 fully saturated rings. The Morgan fingerprint density at radius 1 is 0.495 bits per heavy atom. The van der Waals surface area contributed by atoms with E-state index in [-0.39, 0.29) is 42.9 Å². The lowest BCUT2D eigenvalue weighted by atomic mass is 9.86. The van der Waals surface area contributed by atoms with Crippen LogP contribution in [0.4, 0.5) is 9.59 Å². The molecule has 520 valence electrons. The number of benzene rings is 6. The molecule has 0 unspecified atom stereocenters. The summed E-state index contributed by atoms with van der Waals surface area (Å²) in [6.45, 7) is 17.6. The highest BCUT2D eigenvalue weighted by molar-refractivity contribution is 9.09. The van der Waals surface area contributed by atoms with E-state index in [1.807, 2.05) is 126 Å². The number of halogens is 9. The lowest BCUT2D eigenvalue weighted by molar-refractivity contribution is -0.130. The van der Waals surface area contributed by atoms with E-state index in [1.54, 1.807) is 70.5 Å². The zero-order valence-electron chi connectivity index (χ0n) is 55.5. The van der Waals surface area contributed by atoms with Crippen molar-refractivity contribution in [1.82, 2.24) is 19.6 Å². The topological polar surface area (TPSA) is 148 Å². The first kappa shape index (κ1) is 77.0. The average Bonchev–Trinajstić information content (AvgIpc) is 0.844. The van der Waals surface area contributed by atoms with Crippen molar-refractivity contribution < 1.29 is 48.0 Å². The summed E-state index contributed by atoms with van der Waals surface area (Å²) in [4.78, 5) is 63.0. The van der Waals surface area contributed by atoms with Gasteiger partial charge in [-0.1, -0.05) is 183 Å². The van der Waals surface area contributed by atoms with E-state index in [2.05, 4.69) is 15.9 Å². The second kappa shape index (κ2) is 35.1. The lowest BCUT2D eigenvalue weighted by Gasteiger charge is -2.40. The molecule has 2 heterocycles. The number of phenolic OH excluding ortho intramolecular Hbond substituents is 1. The summed E-state index contributed by atoms with van der Waals surface area (Å²) in [7, 11) is 0. The third-order valence-corrected chi connectivity index (χ3v) is 19.4. The molecule has 1 N–H and O–H groups in total. The normalized spacial score (nSPS) is 16.3. The van der Waals surface area contributed by atoms with Crippen molar-refractivity contribution in [1.29, 1.82) is 0 Å². The molecule has 23 heteroatoms. The minimum absolute atomic E-state index is 0.0781. The fraction of sp³-hybridized carbons (Fsp3) is 0.405. The molecule has 6 aromatic rings. The predicted molar refractivity (Wildman–Crippen MR) is 395 cm³/mol. The number of ether oxygens (including phenoxy) is 5. The predicted octanol–water partition coefficient (Wildman–Crippen LogP) is 21.0. The van der Waals surface area contributed by atoms with Crippen LogP contribution in [-0.4, -0.2) is 122 Å². The summed E-state index contributed by atoms with van der Waals surface area (Å²) in [5, 5.41) is 14.3. The van der Waals surface area contributed by atoms with Crippen molar-refractivity contribution in [3.63, 3.8) is 0 Å². The Morgan fingerprint density at radius 2 is 0.845 bits per heavy atom. The third kappa shape index (κ3) is 20.9. The Labute approximate surface area is 618 Å². The Hall–Kier alpha value is -5.72. The van der Waals surface area contributed by atoms with Crippen molar-refractivity contribution in [2.24, 2.45) is 0 Å². The highest BCUT2D eigenvalue weighted by Crippen LogP contribution is 2.43. The Morgan fingerprint density at radius 3 is 1.21 bits per heavy atom. The van der Waals surface area contributed by atoms with Gasteiger partial charge in [-0.3, -0.25) is 9.59 Å². The number of rotatable bonds is 20. The van der Waals surface area contributed by atoms with Crippen LogP contribution in [0.25, 0.3) is 11.1 Å². The number of hydrogen-bond donors (Lipinski definition) is 1. The zero-order valence-corrected chi connectivity index (χ0v) is 63.1. The molecule has 0 aromatic heterocycles. The maximum absolute atomic E-state index is 14.7. The maximum atomic E-state index is 14.7. The molecule has 97 heavy (non-hydrogen) atoms. The minimum Gasteiger partial charge on any atom is -0.508 e. The van der Waals surface area contributed by atoms with Crippen LogP contribution in [0.3, 0.4) is 0 Å². The molecule has 2 aliphatic heterocycles. The second-order valence-corrected chi connectivity index (χ2v) is 29.6. The minimum atomic E-state index is -0.673. The molecular formula is C74H81BrCl8N4O10. The summed E-state index contributed by atoms with van der Waals surface area (Å²) in [6.07, 6.45) is 4.85. The van der Waals surface area contributed by atoms with Gasteiger partial charge in [0.15, 0.2) is 11.5 Å². The van der Waals surface area contributed by atoms with Crippen LogP contribution in [0.15, 0.2) is 132 Å². The molecule has 0 spiro atoms. The van der Waals surface area contributed by atoms with Gasteiger partial charge in [0.1, 0.15) is 35.9 Å². The van der Waals surface area contributed by atoms with E-state index in [1.165, 1.54) is 0 Å². The fourth-order valence-corrected chi connectivity index (χ4v) is 13.4. The molecule has 2 saturated carbocycles. The average molecular weight is 1550 g/mol. The summed E-state index contributed by atoms with van der Waals surface area (Å²) in [5.41, 5.74) is 4.97. The molecular weight excluding hydrogens is 1470 g/mol. The van der Waals surface area contributed by atoms with Crippen LogP contribution >= 0.6 is 109 Å². The highest BCUT2D eigenvalue weighted by Gasteiger charge is 2.44. The van der Waals surface area contributed by atoms with Crippen LogP contribution in [-0.2, 0) is 32.2 Å². The van der Waals surface area contributed by atoms with Gasteiger partial charge in [0.25, 0.3) is 11.8 Å². The van der Waals surface area contributed by atoms with Gasteiger partial charge in [0.2, 0.25) is 0 Å². The van der Waals surface area contributed by atoms with E-state index in [9.17, 15) is 24.3 Å². The molecule has 4 amide bonds. The van der Waals surface area contributed by atoms with Crippen molar-refractivity contribution in [2.75, 3.05) is 38.2 Å². The van der Waals surface area contributed by atoms with Gasteiger partial charge in [-0.05, 0) is 187 Å². The van der Waals surface area contributed by atoms with Crippen LogP contribution in [0.1, 0.15) is 129 Å². The largest absolute Gasteiger partial charge is 0.508 e. The Bertz CT molecular complexity index is 3780. The summed E-state index contributed by atoms with van der Waals surface area (Å²) >= 11 is 53.0. The number of phenols is 1. The van der Waals surface area contributed by atoms with Gasteiger partial charge in [-0.25, -0.2) is 9.59 Å². The smallest absolute Gasteiger partial charge is 0.410 e. The first-order chi connectivity index (χ1) is 46.1. The number of alkyl halides is 1. The maximum Gasteiger partial charge on any atom is 0.410 e. The molecule has 6 aromatic carbocycles. The van der Waals surface area contributed by atoms with Gasteiger partial charge >= 0.3 is 12.2 Å². The number of carbonyl (C=O) groups excluding carboxylic acids is 4. The molecule has 0 radical (unpaired) electrons. The molecule has 0 bridgehead atoms. The summed E-state index contributed by atoms with van der Waals surface area (Å²) < 4.78 is 28.5. The van der Waals surface area contributed by atoms with Crippen molar-refractivity contribution >= 4 is 144 Å². The highest BCUT2D eigenvalue weighted by atomic mass is 79.9. The van der Waals surface area contributed by atoms with Crippen LogP contribution in [0.2, 0.25) is 40.2 Å². The SMILES string of the molecule is CC[C@@H]1C(C(=O)N(Cc2cccc(Cl)c2Cl)C2CC2)=C(c2ccc(O)cc2)CCN1C(=O)OC(C)(C)C.CC[C@@H]1C(C(=O)N(Cc2cccc(Cl)c2Cl)C2CC2)=C(c2ccc(OCCOc3c(Cl)cccc3Cl)cc2)CCN1C(=O)OC(C)(C)C.Clc1cccc(Cl)c1OCCBr. The number of carbonyl (C=O) groups is 4. The lowest BCUT2D eigenvalue weighted by Crippen LogP contribution is -2.50. The number of amides is 4. The van der Waals surface area contributed by atoms with E-state index in [0.29, 0.717) is 127 Å². The van der Waals surface area contributed by atoms with Gasteiger partial charge in [-0.2, -0.15) is 0 Å². The molecule has 10 rings (SSSR count). The van der Waals surface area contributed by atoms with Gasteiger partial charge in [0, 0.05) is 54.7 Å². The first-order valence-electron chi connectivity index (χ1n) is 32.3. The second-order valence-electron chi connectivity index (χ2n) is 25.6. The Balaban J connectivity index is 0.000000216. The number of nitrogens with zero attached hydrogens (tertiary/aromatic N) is 4. The van der Waals surface area contributed by atoms with Gasteiger partial charge < -0.3 is 48.4 Å². The number of para-hydroxylation sites is 2. The van der Waals surface area contributed by atoms with E-state index >= 15 is 0 Å².